The van der Waals surface area contributed by atoms with Crippen molar-refractivity contribution in [3.63, 3.8) is 0 Å². The normalized spacial score (nSPS) is 17.9. The quantitative estimate of drug-likeness (QED) is 0.854. The Labute approximate surface area is 132 Å². The Morgan fingerprint density at radius 2 is 1.86 bits per heavy atom. The molecule has 1 amide bonds. The SMILES string of the molecule is Cl.Nc1cccc2c1CCCN2CC(=O)N1CCCCC1. The van der Waals surface area contributed by atoms with E-state index in [9.17, 15) is 4.79 Å². The van der Waals surface area contributed by atoms with Crippen molar-refractivity contribution < 1.29 is 4.79 Å². The molecule has 0 aromatic heterocycles. The molecule has 2 heterocycles. The van der Waals surface area contributed by atoms with E-state index < -0.39 is 0 Å². The third-order valence-electron chi connectivity index (χ3n) is 4.42. The highest BCUT2D eigenvalue weighted by Crippen LogP contribution is 2.31. The molecule has 1 aromatic carbocycles. The summed E-state index contributed by atoms with van der Waals surface area (Å²) in [5, 5.41) is 0. The molecule has 2 aliphatic heterocycles. The van der Waals surface area contributed by atoms with E-state index in [0.29, 0.717) is 6.54 Å². The van der Waals surface area contributed by atoms with Crippen LogP contribution < -0.4 is 10.6 Å². The molecule has 0 spiro atoms. The summed E-state index contributed by atoms with van der Waals surface area (Å²) in [7, 11) is 0. The average molecular weight is 310 g/mol. The fraction of sp³-hybridized carbons (Fsp3) is 0.562. The summed E-state index contributed by atoms with van der Waals surface area (Å²) in [6, 6.07) is 6.03. The Morgan fingerprint density at radius 3 is 2.62 bits per heavy atom. The largest absolute Gasteiger partial charge is 0.398 e. The summed E-state index contributed by atoms with van der Waals surface area (Å²) in [5.74, 6) is 0.264. The molecule has 5 heteroatoms. The lowest BCUT2D eigenvalue weighted by Gasteiger charge is -2.34. The molecule has 0 bridgehead atoms. The fourth-order valence-electron chi connectivity index (χ4n) is 3.30. The highest BCUT2D eigenvalue weighted by Gasteiger charge is 2.23. The van der Waals surface area contributed by atoms with Crippen LogP contribution in [-0.2, 0) is 11.2 Å². The third-order valence-corrected chi connectivity index (χ3v) is 4.42. The molecule has 0 aliphatic carbocycles. The number of nitrogen functional groups attached to an aromatic ring is 1. The number of fused-ring (bicyclic) bond motifs is 1. The van der Waals surface area contributed by atoms with Gasteiger partial charge in [0.05, 0.1) is 6.54 Å². The molecule has 2 N–H and O–H groups in total. The molecule has 2 aliphatic rings. The van der Waals surface area contributed by atoms with Gasteiger partial charge in [0.15, 0.2) is 0 Å². The first-order valence-electron chi connectivity index (χ1n) is 7.66. The maximum absolute atomic E-state index is 12.4. The lowest BCUT2D eigenvalue weighted by atomic mass is 10.00. The van der Waals surface area contributed by atoms with E-state index in [1.807, 2.05) is 17.0 Å². The summed E-state index contributed by atoms with van der Waals surface area (Å²) in [6.45, 7) is 3.30. The van der Waals surface area contributed by atoms with Crippen molar-refractivity contribution in [2.75, 3.05) is 36.8 Å². The predicted molar refractivity (Wildman–Crippen MR) is 89.1 cm³/mol. The number of nitrogens with two attached hydrogens (primary N) is 1. The van der Waals surface area contributed by atoms with Crippen LogP contribution >= 0.6 is 12.4 Å². The van der Waals surface area contributed by atoms with Crippen LogP contribution in [0.3, 0.4) is 0 Å². The van der Waals surface area contributed by atoms with E-state index in [4.69, 9.17) is 5.73 Å². The van der Waals surface area contributed by atoms with Crippen molar-refractivity contribution in [3.05, 3.63) is 23.8 Å². The number of hydrogen-bond acceptors (Lipinski definition) is 3. The molecule has 4 nitrogen and oxygen atoms in total. The van der Waals surface area contributed by atoms with Crippen LogP contribution in [0.5, 0.6) is 0 Å². The van der Waals surface area contributed by atoms with Crippen LogP contribution in [0.1, 0.15) is 31.2 Å². The van der Waals surface area contributed by atoms with Gasteiger partial charge < -0.3 is 15.5 Å². The van der Waals surface area contributed by atoms with Crippen molar-refractivity contribution in [2.24, 2.45) is 0 Å². The van der Waals surface area contributed by atoms with Crippen molar-refractivity contribution in [1.82, 2.24) is 4.90 Å². The van der Waals surface area contributed by atoms with Gasteiger partial charge in [0, 0.05) is 31.0 Å². The lowest BCUT2D eigenvalue weighted by Crippen LogP contribution is -2.44. The van der Waals surface area contributed by atoms with Crippen LogP contribution in [0.4, 0.5) is 11.4 Å². The Morgan fingerprint density at radius 1 is 1.10 bits per heavy atom. The minimum Gasteiger partial charge on any atom is -0.398 e. The van der Waals surface area contributed by atoms with Gasteiger partial charge in [0.2, 0.25) is 5.91 Å². The molecular formula is C16H24ClN3O. The zero-order valence-electron chi connectivity index (χ0n) is 12.4. The van der Waals surface area contributed by atoms with Crippen LogP contribution in [0.25, 0.3) is 0 Å². The summed E-state index contributed by atoms with van der Waals surface area (Å²) < 4.78 is 0. The molecule has 0 saturated carbocycles. The van der Waals surface area contributed by atoms with Gasteiger partial charge >= 0.3 is 0 Å². The molecule has 1 aromatic rings. The minimum absolute atomic E-state index is 0. The van der Waals surface area contributed by atoms with Crippen LogP contribution in [0.15, 0.2) is 18.2 Å². The zero-order valence-corrected chi connectivity index (χ0v) is 13.2. The van der Waals surface area contributed by atoms with Gasteiger partial charge in [-0.15, -0.1) is 12.4 Å². The third kappa shape index (κ3) is 3.43. The lowest BCUT2D eigenvalue weighted by molar-refractivity contribution is -0.130. The first-order valence-corrected chi connectivity index (χ1v) is 7.66. The number of anilines is 2. The van der Waals surface area contributed by atoms with Crippen LogP contribution in [0, 0.1) is 0 Å². The number of carbonyl (C=O) groups excluding carboxylic acids is 1. The number of rotatable bonds is 2. The molecular weight excluding hydrogens is 286 g/mol. The fourth-order valence-corrected chi connectivity index (χ4v) is 3.30. The molecule has 1 saturated heterocycles. The van der Waals surface area contributed by atoms with Gasteiger partial charge in [0.25, 0.3) is 0 Å². The summed E-state index contributed by atoms with van der Waals surface area (Å²) in [6.07, 6.45) is 5.66. The molecule has 3 rings (SSSR count). The Hall–Kier alpha value is -1.42. The van der Waals surface area contributed by atoms with E-state index >= 15 is 0 Å². The Bertz CT molecular complexity index is 500. The molecule has 116 valence electrons. The minimum atomic E-state index is 0. The maximum Gasteiger partial charge on any atom is 0.242 e. The van der Waals surface area contributed by atoms with Gasteiger partial charge in [-0.1, -0.05) is 6.07 Å². The van der Waals surface area contributed by atoms with Crippen LogP contribution in [0.2, 0.25) is 0 Å². The van der Waals surface area contributed by atoms with Crippen molar-refractivity contribution in [1.29, 1.82) is 0 Å². The van der Waals surface area contributed by atoms with Crippen LogP contribution in [-0.4, -0.2) is 37.0 Å². The number of carbonyl (C=O) groups is 1. The number of benzene rings is 1. The first-order chi connectivity index (χ1) is 9.75. The van der Waals surface area contributed by atoms with Gasteiger partial charge in [-0.3, -0.25) is 4.79 Å². The van der Waals surface area contributed by atoms with Gasteiger partial charge in [-0.05, 0) is 49.8 Å². The summed E-state index contributed by atoms with van der Waals surface area (Å²) in [5.41, 5.74) is 9.28. The number of hydrogen-bond donors (Lipinski definition) is 1. The number of piperidine rings is 1. The van der Waals surface area contributed by atoms with E-state index in [2.05, 4.69) is 11.0 Å². The molecule has 0 atom stereocenters. The maximum atomic E-state index is 12.4. The highest BCUT2D eigenvalue weighted by molar-refractivity contribution is 5.85. The average Bonchev–Trinajstić information content (AvgIpc) is 2.49. The molecule has 0 radical (unpaired) electrons. The summed E-state index contributed by atoms with van der Waals surface area (Å²) in [4.78, 5) is 16.6. The Balaban J connectivity index is 0.00000161. The standard InChI is InChI=1S/C16H23N3O.ClH/c17-14-7-4-8-15-13(14)6-5-11-19(15)12-16(20)18-9-2-1-3-10-18;/h4,7-8H,1-3,5-6,9-12,17H2;1H. The molecule has 0 unspecified atom stereocenters. The van der Waals surface area contributed by atoms with Gasteiger partial charge in [-0.2, -0.15) is 0 Å². The first kappa shape index (κ1) is 16.0. The van der Waals surface area contributed by atoms with E-state index in [1.54, 1.807) is 0 Å². The topological polar surface area (TPSA) is 49.6 Å². The number of halogens is 1. The predicted octanol–water partition coefficient (Wildman–Crippen LogP) is 2.46. The second-order valence-electron chi connectivity index (χ2n) is 5.81. The van der Waals surface area contributed by atoms with Crippen molar-refractivity contribution >= 4 is 29.7 Å². The molecule has 1 fully saturated rings. The van der Waals surface area contributed by atoms with Crippen molar-refractivity contribution in [2.45, 2.75) is 32.1 Å². The smallest absolute Gasteiger partial charge is 0.242 e. The van der Waals surface area contributed by atoms with E-state index in [1.165, 1.54) is 12.0 Å². The van der Waals surface area contributed by atoms with Gasteiger partial charge in [-0.25, -0.2) is 0 Å². The monoisotopic (exact) mass is 309 g/mol. The number of nitrogens with zero attached hydrogens (tertiary/aromatic N) is 2. The second-order valence-corrected chi connectivity index (χ2v) is 5.81. The number of likely N-dealkylation sites (tertiary alicyclic amines) is 1. The number of amides is 1. The van der Waals surface area contributed by atoms with Gasteiger partial charge in [0.1, 0.15) is 0 Å². The summed E-state index contributed by atoms with van der Waals surface area (Å²) >= 11 is 0. The second kappa shape index (κ2) is 7.03. The zero-order chi connectivity index (χ0) is 13.9. The highest BCUT2D eigenvalue weighted by atomic mass is 35.5. The van der Waals surface area contributed by atoms with Crippen molar-refractivity contribution in [3.8, 4) is 0 Å². The van der Waals surface area contributed by atoms with E-state index in [0.717, 1.165) is 56.7 Å². The van der Waals surface area contributed by atoms with E-state index in [-0.39, 0.29) is 18.3 Å². The Kier molecular flexibility index (Phi) is 5.34. The molecule has 21 heavy (non-hydrogen) atoms.